The SMILES string of the molecule is CCC(C(=O)Cc1ccc(-c2cncc(OCC(F)(F)F)c2)cn1)c1ccnc(CS(=O)(=O)C2CC2)n1. The maximum absolute atomic E-state index is 13.1. The van der Waals surface area contributed by atoms with Crippen LogP contribution in [0.25, 0.3) is 11.1 Å². The average molecular weight is 535 g/mol. The monoisotopic (exact) mass is 534 g/mol. The highest BCUT2D eigenvalue weighted by atomic mass is 32.2. The van der Waals surface area contributed by atoms with E-state index in [1.807, 2.05) is 6.92 Å². The lowest BCUT2D eigenvalue weighted by atomic mass is 9.93. The number of ether oxygens (including phenoxy) is 1. The smallest absolute Gasteiger partial charge is 0.422 e. The summed E-state index contributed by atoms with van der Waals surface area (Å²) in [6.45, 7) is 0.433. The van der Waals surface area contributed by atoms with Crippen LogP contribution in [-0.2, 0) is 26.8 Å². The first-order chi connectivity index (χ1) is 17.5. The van der Waals surface area contributed by atoms with Crippen molar-refractivity contribution in [3.8, 4) is 16.9 Å². The molecule has 0 saturated heterocycles. The molecule has 4 rings (SSSR count). The highest BCUT2D eigenvalue weighted by Crippen LogP contribution is 2.31. The van der Waals surface area contributed by atoms with Crippen LogP contribution in [0.4, 0.5) is 13.2 Å². The lowest BCUT2D eigenvalue weighted by Crippen LogP contribution is -2.19. The van der Waals surface area contributed by atoms with Gasteiger partial charge in [-0.2, -0.15) is 13.2 Å². The summed E-state index contributed by atoms with van der Waals surface area (Å²) in [4.78, 5) is 29.8. The fourth-order valence-corrected chi connectivity index (χ4v) is 5.42. The summed E-state index contributed by atoms with van der Waals surface area (Å²) in [5.74, 6) is -0.737. The van der Waals surface area contributed by atoms with Crippen LogP contribution in [0.2, 0.25) is 0 Å². The Labute approximate surface area is 212 Å². The number of nitrogens with zero attached hydrogens (tertiary/aromatic N) is 4. The summed E-state index contributed by atoms with van der Waals surface area (Å²) in [7, 11) is -3.28. The quantitative estimate of drug-likeness (QED) is 0.359. The molecule has 1 unspecified atom stereocenters. The first-order valence-corrected chi connectivity index (χ1v) is 13.4. The van der Waals surface area contributed by atoms with Gasteiger partial charge in [0, 0.05) is 41.8 Å². The minimum absolute atomic E-state index is 0.0194. The predicted octanol–water partition coefficient (Wildman–Crippen LogP) is 4.26. The zero-order valence-electron chi connectivity index (χ0n) is 20.0. The van der Waals surface area contributed by atoms with Gasteiger partial charge in [0.2, 0.25) is 0 Å². The van der Waals surface area contributed by atoms with Crippen LogP contribution in [0.15, 0.2) is 49.1 Å². The Morgan fingerprint density at radius 2 is 1.89 bits per heavy atom. The third-order valence-corrected chi connectivity index (χ3v) is 8.02. The Hall–Kier alpha value is -3.41. The molecule has 1 saturated carbocycles. The molecule has 37 heavy (non-hydrogen) atoms. The molecule has 0 N–H and O–H groups in total. The van der Waals surface area contributed by atoms with Crippen LogP contribution in [0.3, 0.4) is 0 Å². The number of hydrogen-bond donors (Lipinski definition) is 0. The third-order valence-electron chi connectivity index (χ3n) is 5.87. The summed E-state index contributed by atoms with van der Waals surface area (Å²) in [5.41, 5.74) is 2.11. The first kappa shape index (κ1) is 26.6. The van der Waals surface area contributed by atoms with Crippen molar-refractivity contribution in [2.45, 2.75) is 55.7 Å². The molecule has 1 aliphatic rings. The fourth-order valence-electron chi connectivity index (χ4n) is 3.83. The maximum atomic E-state index is 13.1. The van der Waals surface area contributed by atoms with E-state index >= 15 is 0 Å². The van der Waals surface area contributed by atoms with E-state index in [0.29, 0.717) is 41.8 Å². The molecule has 12 heteroatoms. The van der Waals surface area contributed by atoms with Crippen LogP contribution in [0.1, 0.15) is 49.3 Å². The normalized spacial score (nSPS) is 14.8. The number of rotatable bonds is 11. The number of hydrogen-bond acceptors (Lipinski definition) is 8. The van der Waals surface area contributed by atoms with Gasteiger partial charge in [-0.25, -0.2) is 18.4 Å². The lowest BCUT2D eigenvalue weighted by Gasteiger charge is -2.14. The minimum Gasteiger partial charge on any atom is -0.482 e. The highest BCUT2D eigenvalue weighted by Gasteiger charge is 2.36. The molecule has 0 aliphatic heterocycles. The van der Waals surface area contributed by atoms with Crippen LogP contribution >= 0.6 is 0 Å². The molecule has 0 amide bonds. The molecule has 3 aromatic rings. The van der Waals surface area contributed by atoms with Gasteiger partial charge >= 0.3 is 6.18 Å². The molecule has 1 atom stereocenters. The summed E-state index contributed by atoms with van der Waals surface area (Å²) in [6, 6.07) is 6.42. The first-order valence-electron chi connectivity index (χ1n) is 11.7. The van der Waals surface area contributed by atoms with Crippen molar-refractivity contribution in [3.05, 3.63) is 66.3 Å². The van der Waals surface area contributed by atoms with Gasteiger partial charge in [0.05, 0.1) is 23.1 Å². The van der Waals surface area contributed by atoms with Gasteiger partial charge < -0.3 is 4.74 Å². The van der Waals surface area contributed by atoms with E-state index in [1.54, 1.807) is 18.2 Å². The molecule has 0 bridgehead atoms. The largest absolute Gasteiger partial charge is 0.482 e. The number of alkyl halides is 3. The summed E-state index contributed by atoms with van der Waals surface area (Å²) in [5, 5.41) is -0.317. The number of halogens is 3. The number of pyridine rings is 2. The van der Waals surface area contributed by atoms with Crippen molar-refractivity contribution in [1.82, 2.24) is 19.9 Å². The number of aromatic nitrogens is 4. The molecule has 196 valence electrons. The zero-order valence-corrected chi connectivity index (χ0v) is 20.8. The number of Topliss-reactive ketones (excluding diaryl/α,β-unsaturated/α-hetero) is 1. The van der Waals surface area contributed by atoms with Crippen molar-refractivity contribution in [2.24, 2.45) is 0 Å². The van der Waals surface area contributed by atoms with E-state index in [1.165, 1.54) is 30.9 Å². The van der Waals surface area contributed by atoms with E-state index in [0.717, 1.165) is 0 Å². The molecular formula is C25H25F3N4O4S. The Morgan fingerprint density at radius 3 is 2.54 bits per heavy atom. The predicted molar refractivity (Wildman–Crippen MR) is 128 cm³/mol. The second-order valence-corrected chi connectivity index (χ2v) is 11.1. The molecule has 1 fully saturated rings. The standard InChI is InChI=1S/C25H25F3N4O4S/c1-2-21(22-7-8-30-24(32-22)14-37(34,35)20-5-6-20)23(33)10-18-4-3-16(12-31-18)17-9-19(13-29-11-17)36-15-25(26,27)28/h3-4,7-9,11-13,20-21H,2,5-6,10,14-15H2,1H3. The van der Waals surface area contributed by atoms with E-state index in [4.69, 9.17) is 4.74 Å². The number of carbonyl (C=O) groups is 1. The number of carbonyl (C=O) groups excluding carboxylic acids is 1. The average Bonchev–Trinajstić information content (AvgIpc) is 3.70. The van der Waals surface area contributed by atoms with Crippen molar-refractivity contribution in [1.29, 1.82) is 0 Å². The van der Waals surface area contributed by atoms with Crippen LogP contribution in [-0.4, -0.2) is 52.2 Å². The molecule has 3 heterocycles. The van der Waals surface area contributed by atoms with Gasteiger partial charge in [-0.3, -0.25) is 14.8 Å². The summed E-state index contributed by atoms with van der Waals surface area (Å²) in [6.07, 6.45) is 3.04. The van der Waals surface area contributed by atoms with Gasteiger partial charge in [-0.15, -0.1) is 0 Å². The van der Waals surface area contributed by atoms with Crippen molar-refractivity contribution in [2.75, 3.05) is 6.61 Å². The molecular weight excluding hydrogens is 509 g/mol. The van der Waals surface area contributed by atoms with Crippen molar-refractivity contribution >= 4 is 15.6 Å². The topological polar surface area (TPSA) is 112 Å². The lowest BCUT2D eigenvalue weighted by molar-refractivity contribution is -0.153. The Balaban J connectivity index is 1.42. The molecule has 0 aromatic carbocycles. The zero-order chi connectivity index (χ0) is 26.6. The Bertz CT molecular complexity index is 1360. The Morgan fingerprint density at radius 1 is 1.11 bits per heavy atom. The second-order valence-electron chi connectivity index (χ2n) is 8.86. The minimum atomic E-state index is -4.45. The van der Waals surface area contributed by atoms with Gasteiger partial charge in [0.1, 0.15) is 23.1 Å². The van der Waals surface area contributed by atoms with Crippen LogP contribution < -0.4 is 4.74 Å². The van der Waals surface area contributed by atoms with Crippen molar-refractivity contribution in [3.63, 3.8) is 0 Å². The third kappa shape index (κ3) is 7.31. The van der Waals surface area contributed by atoms with E-state index in [-0.39, 0.29) is 34.8 Å². The maximum Gasteiger partial charge on any atom is 0.422 e. The van der Waals surface area contributed by atoms with Gasteiger partial charge in [-0.05, 0) is 37.5 Å². The van der Waals surface area contributed by atoms with Crippen LogP contribution in [0.5, 0.6) is 5.75 Å². The van der Waals surface area contributed by atoms with Crippen LogP contribution in [0, 0.1) is 0 Å². The second kappa shape index (κ2) is 10.9. The van der Waals surface area contributed by atoms with E-state index in [9.17, 15) is 26.4 Å². The van der Waals surface area contributed by atoms with E-state index < -0.39 is 28.5 Å². The number of sulfone groups is 1. The summed E-state index contributed by atoms with van der Waals surface area (Å²) >= 11 is 0. The van der Waals surface area contributed by atoms with Gasteiger partial charge in [0.15, 0.2) is 16.4 Å². The molecule has 1 aliphatic carbocycles. The molecule has 0 radical (unpaired) electrons. The van der Waals surface area contributed by atoms with E-state index in [2.05, 4.69) is 19.9 Å². The molecule has 8 nitrogen and oxygen atoms in total. The summed E-state index contributed by atoms with van der Waals surface area (Å²) < 4.78 is 66.6. The number of ketones is 1. The fraction of sp³-hybridized carbons (Fsp3) is 0.400. The van der Waals surface area contributed by atoms with Gasteiger partial charge in [0.25, 0.3) is 0 Å². The Kier molecular flexibility index (Phi) is 7.86. The van der Waals surface area contributed by atoms with Gasteiger partial charge in [-0.1, -0.05) is 13.0 Å². The highest BCUT2D eigenvalue weighted by molar-refractivity contribution is 7.91. The molecule has 3 aromatic heterocycles. The van der Waals surface area contributed by atoms with Crippen molar-refractivity contribution < 1.29 is 31.1 Å². The molecule has 0 spiro atoms.